The van der Waals surface area contributed by atoms with Crippen LogP contribution in [0.25, 0.3) is 0 Å². The molecular formula is C9H14F3N3. The smallest absolute Gasteiger partial charge is 0.334 e. The van der Waals surface area contributed by atoms with E-state index in [2.05, 4.69) is 10.3 Å². The number of halogens is 3. The molecule has 1 heterocycles. The first-order valence-electron chi connectivity index (χ1n) is 4.73. The number of aromatic nitrogens is 2. The van der Waals surface area contributed by atoms with Crippen LogP contribution in [0.5, 0.6) is 0 Å². The van der Waals surface area contributed by atoms with E-state index in [0.29, 0.717) is 12.4 Å². The van der Waals surface area contributed by atoms with E-state index in [-0.39, 0.29) is 0 Å². The van der Waals surface area contributed by atoms with Crippen LogP contribution in [-0.4, -0.2) is 22.8 Å². The van der Waals surface area contributed by atoms with Crippen LogP contribution in [0.4, 0.5) is 13.2 Å². The van der Waals surface area contributed by atoms with Gasteiger partial charge in [0, 0.05) is 18.9 Å². The van der Waals surface area contributed by atoms with Crippen LogP contribution in [-0.2, 0) is 6.54 Å². The Labute approximate surface area is 86.3 Å². The molecule has 0 bridgehead atoms. The van der Waals surface area contributed by atoms with Crippen LogP contribution < -0.4 is 5.32 Å². The summed E-state index contributed by atoms with van der Waals surface area (Å²) in [5.74, 6) is 0.428. The van der Waals surface area contributed by atoms with Gasteiger partial charge < -0.3 is 9.88 Å². The Morgan fingerprint density at radius 1 is 1.53 bits per heavy atom. The monoisotopic (exact) mass is 221 g/mol. The summed E-state index contributed by atoms with van der Waals surface area (Å²) in [6.45, 7) is 2.48. The third-order valence-corrected chi connectivity index (χ3v) is 2.18. The molecule has 1 atom stereocenters. The highest BCUT2D eigenvalue weighted by Gasteiger charge is 2.33. The minimum absolute atomic E-state index is 0.428. The highest BCUT2D eigenvalue weighted by molar-refractivity contribution is 4.99. The van der Waals surface area contributed by atoms with Gasteiger partial charge in [-0.1, -0.05) is 0 Å². The van der Waals surface area contributed by atoms with Gasteiger partial charge >= 0.3 is 6.18 Å². The zero-order chi connectivity index (χ0) is 11.5. The van der Waals surface area contributed by atoms with Crippen molar-refractivity contribution >= 4 is 0 Å². The molecule has 1 unspecified atom stereocenters. The second kappa shape index (κ2) is 4.65. The molecule has 6 heteroatoms. The SMILES string of the molecule is CCn1ccnc1C(CC(F)(F)F)NC. The van der Waals surface area contributed by atoms with Gasteiger partial charge in [-0.15, -0.1) is 0 Å². The number of nitrogens with zero attached hydrogens (tertiary/aromatic N) is 2. The van der Waals surface area contributed by atoms with Gasteiger partial charge in [-0.2, -0.15) is 13.2 Å². The van der Waals surface area contributed by atoms with Crippen LogP contribution in [0.2, 0.25) is 0 Å². The molecule has 0 aliphatic heterocycles. The van der Waals surface area contributed by atoms with Gasteiger partial charge in [-0.25, -0.2) is 4.98 Å². The van der Waals surface area contributed by atoms with Crippen molar-refractivity contribution in [1.29, 1.82) is 0 Å². The molecule has 15 heavy (non-hydrogen) atoms. The highest BCUT2D eigenvalue weighted by Crippen LogP contribution is 2.28. The van der Waals surface area contributed by atoms with Crippen LogP contribution in [0.3, 0.4) is 0 Å². The molecular weight excluding hydrogens is 207 g/mol. The van der Waals surface area contributed by atoms with E-state index in [9.17, 15) is 13.2 Å². The molecule has 0 aromatic carbocycles. The predicted octanol–water partition coefficient (Wildman–Crippen LogP) is 2.12. The summed E-state index contributed by atoms with van der Waals surface area (Å²) in [6, 6.07) is -0.778. The van der Waals surface area contributed by atoms with E-state index in [0.717, 1.165) is 0 Å². The summed E-state index contributed by atoms with van der Waals surface area (Å²) in [7, 11) is 1.51. The van der Waals surface area contributed by atoms with E-state index in [1.807, 2.05) is 6.92 Å². The first kappa shape index (κ1) is 12.0. The Kier molecular flexibility index (Phi) is 3.73. The van der Waals surface area contributed by atoms with Crippen molar-refractivity contribution in [2.45, 2.75) is 32.1 Å². The van der Waals surface area contributed by atoms with Gasteiger partial charge in [0.25, 0.3) is 0 Å². The van der Waals surface area contributed by atoms with Crippen molar-refractivity contribution in [3.05, 3.63) is 18.2 Å². The van der Waals surface area contributed by atoms with E-state index in [1.165, 1.54) is 13.2 Å². The number of imidazole rings is 1. The molecule has 0 spiro atoms. The second-order valence-electron chi connectivity index (χ2n) is 3.23. The molecule has 1 rings (SSSR count). The molecule has 1 N–H and O–H groups in total. The van der Waals surface area contributed by atoms with Gasteiger partial charge in [-0.05, 0) is 14.0 Å². The van der Waals surface area contributed by atoms with Gasteiger partial charge in [0.15, 0.2) is 0 Å². The molecule has 1 aromatic rings. The maximum Gasteiger partial charge on any atom is 0.391 e. The predicted molar refractivity (Wildman–Crippen MR) is 50.4 cm³/mol. The zero-order valence-corrected chi connectivity index (χ0v) is 8.67. The average Bonchev–Trinajstić information content (AvgIpc) is 2.60. The van der Waals surface area contributed by atoms with Crippen molar-refractivity contribution in [2.24, 2.45) is 0 Å². The second-order valence-corrected chi connectivity index (χ2v) is 3.23. The van der Waals surface area contributed by atoms with Gasteiger partial charge in [-0.3, -0.25) is 0 Å². The molecule has 0 radical (unpaired) electrons. The summed E-state index contributed by atoms with van der Waals surface area (Å²) in [4.78, 5) is 3.94. The lowest BCUT2D eigenvalue weighted by atomic mass is 10.2. The van der Waals surface area contributed by atoms with Crippen molar-refractivity contribution in [2.75, 3.05) is 7.05 Å². The fourth-order valence-electron chi connectivity index (χ4n) is 1.45. The molecule has 0 saturated heterocycles. The number of alkyl halides is 3. The summed E-state index contributed by atoms with van der Waals surface area (Å²) < 4.78 is 38.4. The molecule has 0 aliphatic carbocycles. The number of aryl methyl sites for hydroxylation is 1. The Morgan fingerprint density at radius 2 is 2.20 bits per heavy atom. The van der Waals surface area contributed by atoms with Crippen molar-refractivity contribution in [3.63, 3.8) is 0 Å². The van der Waals surface area contributed by atoms with Crippen LogP contribution in [0.15, 0.2) is 12.4 Å². The summed E-state index contributed by atoms with van der Waals surface area (Å²) >= 11 is 0. The largest absolute Gasteiger partial charge is 0.391 e. The van der Waals surface area contributed by atoms with E-state index >= 15 is 0 Å². The fraction of sp³-hybridized carbons (Fsp3) is 0.667. The standard InChI is InChI=1S/C9H14F3N3/c1-3-15-5-4-14-8(15)7(13-2)6-9(10,11)12/h4-5,7,13H,3,6H2,1-2H3. The minimum atomic E-state index is -4.18. The number of hydrogen-bond donors (Lipinski definition) is 1. The third-order valence-electron chi connectivity index (χ3n) is 2.18. The maximum absolute atomic E-state index is 12.2. The van der Waals surface area contributed by atoms with Crippen LogP contribution >= 0.6 is 0 Å². The number of nitrogens with one attached hydrogen (secondary N) is 1. The Hall–Kier alpha value is -1.04. The normalized spacial score (nSPS) is 14.2. The lowest BCUT2D eigenvalue weighted by molar-refractivity contribution is -0.140. The van der Waals surface area contributed by atoms with Gasteiger partial charge in [0.2, 0.25) is 0 Å². The van der Waals surface area contributed by atoms with Gasteiger partial charge in [0.1, 0.15) is 5.82 Å². The minimum Gasteiger partial charge on any atom is -0.334 e. The Morgan fingerprint density at radius 3 is 2.67 bits per heavy atom. The topological polar surface area (TPSA) is 29.9 Å². The number of hydrogen-bond acceptors (Lipinski definition) is 2. The first-order valence-corrected chi connectivity index (χ1v) is 4.73. The molecule has 0 saturated carbocycles. The van der Waals surface area contributed by atoms with Crippen molar-refractivity contribution in [3.8, 4) is 0 Å². The average molecular weight is 221 g/mol. The van der Waals surface area contributed by atoms with E-state index < -0.39 is 18.6 Å². The molecule has 1 aromatic heterocycles. The molecule has 3 nitrogen and oxygen atoms in total. The number of rotatable bonds is 4. The summed E-state index contributed by atoms with van der Waals surface area (Å²) in [6.07, 6.45) is -1.89. The van der Waals surface area contributed by atoms with E-state index in [4.69, 9.17) is 0 Å². The quantitative estimate of drug-likeness (QED) is 0.844. The van der Waals surface area contributed by atoms with Crippen LogP contribution in [0, 0.1) is 0 Å². The maximum atomic E-state index is 12.2. The van der Waals surface area contributed by atoms with Gasteiger partial charge in [0.05, 0.1) is 12.5 Å². The zero-order valence-electron chi connectivity index (χ0n) is 8.67. The Bertz CT molecular complexity index is 306. The third kappa shape index (κ3) is 3.23. The molecule has 0 aliphatic rings. The lowest BCUT2D eigenvalue weighted by Crippen LogP contribution is -2.26. The first-order chi connectivity index (χ1) is 6.98. The summed E-state index contributed by atoms with van der Waals surface area (Å²) in [5.41, 5.74) is 0. The van der Waals surface area contributed by atoms with Crippen LogP contribution in [0.1, 0.15) is 25.2 Å². The Balaban J connectivity index is 2.83. The van der Waals surface area contributed by atoms with Crippen molar-refractivity contribution < 1.29 is 13.2 Å². The fourth-order valence-corrected chi connectivity index (χ4v) is 1.45. The highest BCUT2D eigenvalue weighted by atomic mass is 19.4. The summed E-state index contributed by atoms with van der Waals surface area (Å²) in [5, 5.41) is 2.63. The van der Waals surface area contributed by atoms with Crippen molar-refractivity contribution in [1.82, 2.24) is 14.9 Å². The molecule has 86 valence electrons. The van der Waals surface area contributed by atoms with E-state index in [1.54, 1.807) is 10.8 Å². The molecule has 0 amide bonds. The lowest BCUT2D eigenvalue weighted by Gasteiger charge is -2.18. The molecule has 0 fully saturated rings.